The van der Waals surface area contributed by atoms with Crippen molar-refractivity contribution < 1.29 is 18.0 Å². The van der Waals surface area contributed by atoms with E-state index in [1.807, 2.05) is 13.8 Å². The Balaban J connectivity index is 2.04. The van der Waals surface area contributed by atoms with Crippen molar-refractivity contribution in [1.29, 1.82) is 0 Å². The van der Waals surface area contributed by atoms with E-state index in [0.29, 0.717) is 22.2 Å². The molecule has 2 amide bonds. The van der Waals surface area contributed by atoms with E-state index in [-0.39, 0.29) is 23.0 Å². The third kappa shape index (κ3) is 7.77. The highest BCUT2D eigenvalue weighted by Crippen LogP contribution is 2.31. The molecule has 214 valence electrons. The highest BCUT2D eigenvalue weighted by atomic mass is 35.5. The molecule has 0 radical (unpaired) electrons. The lowest BCUT2D eigenvalue weighted by molar-refractivity contribution is -0.139. The van der Waals surface area contributed by atoms with Crippen LogP contribution >= 0.6 is 23.2 Å². The fraction of sp³-hybridized carbons (Fsp3) is 0.333. The predicted octanol–water partition coefficient (Wildman–Crippen LogP) is 6.14. The van der Waals surface area contributed by atoms with Gasteiger partial charge in [0.1, 0.15) is 12.6 Å². The fourth-order valence-corrected chi connectivity index (χ4v) is 5.89. The second-order valence-electron chi connectivity index (χ2n) is 9.68. The maximum Gasteiger partial charge on any atom is 0.264 e. The van der Waals surface area contributed by atoms with Crippen LogP contribution in [0.1, 0.15) is 43.4 Å². The molecule has 0 spiro atoms. The molecule has 0 bridgehead atoms. The van der Waals surface area contributed by atoms with Crippen LogP contribution in [-0.4, -0.2) is 44.3 Å². The Labute approximate surface area is 247 Å². The van der Waals surface area contributed by atoms with Crippen molar-refractivity contribution >= 4 is 50.7 Å². The molecule has 0 heterocycles. The number of nitrogens with zero attached hydrogens (tertiary/aromatic N) is 2. The van der Waals surface area contributed by atoms with E-state index in [4.69, 9.17) is 23.2 Å². The largest absolute Gasteiger partial charge is 0.354 e. The lowest BCUT2D eigenvalue weighted by Gasteiger charge is -2.32. The molecule has 1 atom stereocenters. The Kier molecular flexibility index (Phi) is 11.0. The Hall–Kier alpha value is -3.07. The van der Waals surface area contributed by atoms with Crippen molar-refractivity contribution in [2.45, 2.75) is 58.0 Å². The van der Waals surface area contributed by atoms with Crippen molar-refractivity contribution in [3.05, 3.63) is 93.5 Å². The van der Waals surface area contributed by atoms with Gasteiger partial charge in [0.25, 0.3) is 10.0 Å². The van der Waals surface area contributed by atoms with Gasteiger partial charge in [-0.25, -0.2) is 8.42 Å². The van der Waals surface area contributed by atoms with E-state index in [9.17, 15) is 18.0 Å². The van der Waals surface area contributed by atoms with Crippen LogP contribution in [0.5, 0.6) is 0 Å². The number of benzene rings is 3. The summed E-state index contributed by atoms with van der Waals surface area (Å²) in [4.78, 5) is 28.5. The summed E-state index contributed by atoms with van der Waals surface area (Å²) in [5.74, 6) is -0.856. The van der Waals surface area contributed by atoms with E-state index in [2.05, 4.69) is 5.32 Å². The molecule has 3 rings (SSSR count). The maximum absolute atomic E-state index is 14.0. The standard InChI is InChI=1S/C30H35Cl2N3O4S/c1-5-6-18-33-30(37)23(4)34(19-24-12-14-25(31)15-13-24)29(36)20-35(28-9-7-8-27(32)22(28)3)40(38,39)26-16-10-21(2)11-17-26/h7-17,23H,5-6,18-20H2,1-4H3,(H,33,37). The van der Waals surface area contributed by atoms with Crippen LogP contribution in [0.2, 0.25) is 10.0 Å². The Bertz CT molecular complexity index is 1430. The monoisotopic (exact) mass is 603 g/mol. The molecule has 3 aromatic carbocycles. The molecule has 1 N–H and O–H groups in total. The molecule has 0 aliphatic carbocycles. The zero-order valence-electron chi connectivity index (χ0n) is 23.2. The minimum Gasteiger partial charge on any atom is -0.354 e. The summed E-state index contributed by atoms with van der Waals surface area (Å²) in [7, 11) is -4.17. The van der Waals surface area contributed by atoms with Gasteiger partial charge in [-0.15, -0.1) is 0 Å². The second kappa shape index (κ2) is 14.0. The van der Waals surface area contributed by atoms with Crippen LogP contribution in [0.3, 0.4) is 0 Å². The molecule has 0 fully saturated rings. The van der Waals surface area contributed by atoms with E-state index in [1.54, 1.807) is 68.4 Å². The lowest BCUT2D eigenvalue weighted by atomic mass is 10.1. The number of sulfonamides is 1. The minimum atomic E-state index is -4.17. The first-order valence-electron chi connectivity index (χ1n) is 13.1. The van der Waals surface area contributed by atoms with Gasteiger partial charge >= 0.3 is 0 Å². The van der Waals surface area contributed by atoms with Crippen LogP contribution in [0.25, 0.3) is 0 Å². The first kappa shape index (κ1) is 31.5. The first-order valence-corrected chi connectivity index (χ1v) is 15.3. The number of carbonyl (C=O) groups excluding carboxylic acids is 2. The molecular weight excluding hydrogens is 569 g/mol. The van der Waals surface area contributed by atoms with Crippen LogP contribution < -0.4 is 9.62 Å². The number of amides is 2. The van der Waals surface area contributed by atoms with Gasteiger partial charge in [0.15, 0.2) is 0 Å². The lowest BCUT2D eigenvalue weighted by Crippen LogP contribution is -2.51. The highest BCUT2D eigenvalue weighted by Gasteiger charge is 2.33. The van der Waals surface area contributed by atoms with Crippen molar-refractivity contribution in [3.63, 3.8) is 0 Å². The molecule has 0 saturated heterocycles. The van der Waals surface area contributed by atoms with Crippen molar-refractivity contribution in [2.24, 2.45) is 0 Å². The predicted molar refractivity (Wildman–Crippen MR) is 161 cm³/mol. The number of aryl methyl sites for hydroxylation is 1. The number of carbonyl (C=O) groups is 2. The summed E-state index contributed by atoms with van der Waals surface area (Å²) in [5.41, 5.74) is 2.45. The average Bonchev–Trinajstić information content (AvgIpc) is 2.93. The number of nitrogens with one attached hydrogen (secondary N) is 1. The zero-order valence-corrected chi connectivity index (χ0v) is 25.5. The number of anilines is 1. The second-order valence-corrected chi connectivity index (χ2v) is 12.4. The Morgan fingerprint density at radius 2 is 1.60 bits per heavy atom. The fourth-order valence-electron chi connectivity index (χ4n) is 4.12. The minimum absolute atomic E-state index is 0.0416. The normalized spacial score (nSPS) is 12.1. The smallest absolute Gasteiger partial charge is 0.264 e. The highest BCUT2D eigenvalue weighted by molar-refractivity contribution is 7.92. The van der Waals surface area contributed by atoms with Gasteiger partial charge in [-0.05, 0) is 74.7 Å². The molecular formula is C30H35Cl2N3O4S. The van der Waals surface area contributed by atoms with Crippen LogP contribution in [-0.2, 0) is 26.2 Å². The van der Waals surface area contributed by atoms with Crippen molar-refractivity contribution in [1.82, 2.24) is 10.2 Å². The van der Waals surface area contributed by atoms with E-state index < -0.39 is 28.5 Å². The van der Waals surface area contributed by atoms with Gasteiger partial charge in [0, 0.05) is 23.1 Å². The third-order valence-corrected chi connectivity index (χ3v) is 9.09. The quantitative estimate of drug-likeness (QED) is 0.252. The molecule has 1 unspecified atom stereocenters. The van der Waals surface area contributed by atoms with Gasteiger partial charge in [0.2, 0.25) is 11.8 Å². The summed E-state index contributed by atoms with van der Waals surface area (Å²) in [5, 5.41) is 3.78. The topological polar surface area (TPSA) is 86.8 Å². The number of unbranched alkanes of at least 4 members (excludes halogenated alkanes) is 1. The van der Waals surface area contributed by atoms with E-state index in [1.165, 1.54) is 17.0 Å². The van der Waals surface area contributed by atoms with Gasteiger partial charge < -0.3 is 10.2 Å². The molecule has 3 aromatic rings. The van der Waals surface area contributed by atoms with Crippen molar-refractivity contribution in [2.75, 3.05) is 17.4 Å². The molecule has 7 nitrogen and oxygen atoms in total. The van der Waals surface area contributed by atoms with Gasteiger partial charge in [-0.1, -0.05) is 72.4 Å². The molecule has 10 heteroatoms. The van der Waals surface area contributed by atoms with E-state index >= 15 is 0 Å². The first-order chi connectivity index (χ1) is 18.9. The van der Waals surface area contributed by atoms with Crippen LogP contribution in [0.15, 0.2) is 71.6 Å². The molecule has 40 heavy (non-hydrogen) atoms. The summed E-state index contributed by atoms with van der Waals surface area (Å²) < 4.78 is 29.0. The zero-order chi connectivity index (χ0) is 29.4. The van der Waals surface area contributed by atoms with Gasteiger partial charge in [-0.2, -0.15) is 0 Å². The van der Waals surface area contributed by atoms with Gasteiger partial charge in [0.05, 0.1) is 10.6 Å². The Morgan fingerprint density at radius 3 is 2.23 bits per heavy atom. The van der Waals surface area contributed by atoms with E-state index in [0.717, 1.165) is 28.3 Å². The number of hydrogen-bond acceptors (Lipinski definition) is 4. The van der Waals surface area contributed by atoms with Gasteiger partial charge in [-0.3, -0.25) is 13.9 Å². The molecule has 0 aromatic heterocycles. The summed E-state index contributed by atoms with van der Waals surface area (Å²) in [6.07, 6.45) is 1.72. The number of hydrogen-bond donors (Lipinski definition) is 1. The Morgan fingerprint density at radius 1 is 0.950 bits per heavy atom. The number of halogens is 2. The SMILES string of the molecule is CCCCNC(=O)C(C)N(Cc1ccc(Cl)cc1)C(=O)CN(c1cccc(Cl)c1C)S(=O)(=O)c1ccc(C)cc1. The third-order valence-electron chi connectivity index (χ3n) is 6.66. The maximum atomic E-state index is 14.0. The molecule has 0 aliphatic heterocycles. The van der Waals surface area contributed by atoms with Crippen LogP contribution in [0, 0.1) is 13.8 Å². The number of rotatable bonds is 12. The summed E-state index contributed by atoms with van der Waals surface area (Å²) >= 11 is 12.4. The van der Waals surface area contributed by atoms with Crippen molar-refractivity contribution in [3.8, 4) is 0 Å². The van der Waals surface area contributed by atoms with Crippen LogP contribution in [0.4, 0.5) is 5.69 Å². The molecule has 0 aliphatic rings. The molecule has 0 saturated carbocycles. The average molecular weight is 605 g/mol. The summed E-state index contributed by atoms with van der Waals surface area (Å²) in [6, 6.07) is 17.4. The summed E-state index contributed by atoms with van der Waals surface area (Å²) in [6.45, 7) is 7.27.